The molecule has 3 heteroatoms. The number of halogens is 1. The number of alkyl halides is 1. The van der Waals surface area contributed by atoms with Crippen LogP contribution in [-0.2, 0) is 0 Å². The summed E-state index contributed by atoms with van der Waals surface area (Å²) in [7, 11) is 1.60. The first-order valence-electron chi connectivity index (χ1n) is 3.87. The first kappa shape index (κ1) is 10.1. The molecule has 0 radical (unpaired) electrons. The quantitative estimate of drug-likeness (QED) is 0.827. The van der Waals surface area contributed by atoms with Crippen molar-refractivity contribution < 1.29 is 9.84 Å². The first-order valence-corrected chi connectivity index (χ1v) is 4.99. The number of phenols is 1. The largest absolute Gasteiger partial charge is 0.507 e. The molecule has 0 spiro atoms. The topological polar surface area (TPSA) is 29.5 Å². The predicted octanol–water partition coefficient (Wildman–Crippen LogP) is 2.81. The van der Waals surface area contributed by atoms with Crippen molar-refractivity contribution in [2.75, 3.05) is 12.4 Å². The highest BCUT2D eigenvalue weighted by Crippen LogP contribution is 2.23. The third-order valence-corrected chi connectivity index (χ3v) is 2.00. The van der Waals surface area contributed by atoms with Gasteiger partial charge in [-0.3, -0.25) is 0 Å². The molecule has 1 rings (SSSR count). The van der Waals surface area contributed by atoms with E-state index < -0.39 is 0 Å². The molecule has 2 nitrogen and oxygen atoms in total. The summed E-state index contributed by atoms with van der Waals surface area (Å²) in [6.07, 6.45) is 3.75. The third-order valence-electron chi connectivity index (χ3n) is 1.62. The highest BCUT2D eigenvalue weighted by Gasteiger charge is 1.98. The fourth-order valence-corrected chi connectivity index (χ4v) is 1.15. The molecular weight excluding hydrogens is 232 g/mol. The van der Waals surface area contributed by atoms with Gasteiger partial charge in [-0.2, -0.15) is 0 Å². The molecule has 1 aromatic rings. The van der Waals surface area contributed by atoms with E-state index in [0.29, 0.717) is 0 Å². The number of ether oxygens (including phenoxy) is 1. The van der Waals surface area contributed by atoms with Crippen LogP contribution in [0.2, 0.25) is 0 Å². The van der Waals surface area contributed by atoms with Gasteiger partial charge in [-0.05, 0) is 18.2 Å². The Bertz CT molecular complexity index is 308. The molecule has 0 unspecified atom stereocenters. The van der Waals surface area contributed by atoms with Crippen LogP contribution in [0.4, 0.5) is 0 Å². The van der Waals surface area contributed by atoms with Gasteiger partial charge in [0.25, 0.3) is 0 Å². The molecule has 0 bridgehead atoms. The number of allylic oxidation sites excluding steroid dienone is 1. The minimum Gasteiger partial charge on any atom is -0.507 e. The molecule has 70 valence electrons. The van der Waals surface area contributed by atoms with Gasteiger partial charge in [-0.25, -0.2) is 0 Å². The second-order valence-electron chi connectivity index (χ2n) is 2.48. The molecule has 1 aromatic carbocycles. The molecule has 0 saturated carbocycles. The van der Waals surface area contributed by atoms with Crippen molar-refractivity contribution in [2.45, 2.75) is 0 Å². The van der Waals surface area contributed by atoms with E-state index in [0.717, 1.165) is 16.6 Å². The number of hydrogen-bond donors (Lipinski definition) is 1. The minimum atomic E-state index is 0.262. The standard InChI is InChI=1S/C10H11BrO2/c1-13-9-4-5-10(12)8(7-9)3-2-6-11/h2-5,7,12H,6H2,1H3. The Labute approximate surface area is 86.0 Å². The molecule has 0 amide bonds. The van der Waals surface area contributed by atoms with E-state index in [-0.39, 0.29) is 5.75 Å². The average Bonchev–Trinajstić information content (AvgIpc) is 2.17. The number of hydrogen-bond acceptors (Lipinski definition) is 2. The second-order valence-corrected chi connectivity index (χ2v) is 3.13. The minimum absolute atomic E-state index is 0.262. The van der Waals surface area contributed by atoms with Crippen molar-refractivity contribution in [3.63, 3.8) is 0 Å². The maximum atomic E-state index is 9.43. The number of rotatable bonds is 3. The van der Waals surface area contributed by atoms with Crippen LogP contribution in [0.25, 0.3) is 6.08 Å². The predicted molar refractivity (Wildman–Crippen MR) is 57.5 cm³/mol. The molecule has 0 aliphatic rings. The summed E-state index contributed by atoms with van der Waals surface area (Å²) in [5, 5.41) is 10.2. The van der Waals surface area contributed by atoms with Gasteiger partial charge in [-0.15, -0.1) is 0 Å². The summed E-state index contributed by atoms with van der Waals surface area (Å²) in [5.74, 6) is 1.00. The summed E-state index contributed by atoms with van der Waals surface area (Å²) in [4.78, 5) is 0. The number of benzene rings is 1. The molecule has 0 aliphatic carbocycles. The van der Waals surface area contributed by atoms with Crippen molar-refractivity contribution in [1.29, 1.82) is 0 Å². The number of aromatic hydroxyl groups is 1. The summed E-state index contributed by atoms with van der Waals surface area (Å²) in [5.41, 5.74) is 0.763. The van der Waals surface area contributed by atoms with Crippen LogP contribution < -0.4 is 4.74 Å². The van der Waals surface area contributed by atoms with Crippen LogP contribution in [-0.4, -0.2) is 17.5 Å². The van der Waals surface area contributed by atoms with Gasteiger partial charge in [0.1, 0.15) is 11.5 Å². The third kappa shape index (κ3) is 2.77. The first-order chi connectivity index (χ1) is 6.27. The molecule has 0 aliphatic heterocycles. The zero-order chi connectivity index (χ0) is 9.68. The van der Waals surface area contributed by atoms with Crippen molar-refractivity contribution >= 4 is 22.0 Å². The van der Waals surface area contributed by atoms with Crippen LogP contribution in [0.3, 0.4) is 0 Å². The van der Waals surface area contributed by atoms with Crippen LogP contribution in [0.1, 0.15) is 5.56 Å². The lowest BCUT2D eigenvalue weighted by Gasteiger charge is -2.02. The van der Waals surface area contributed by atoms with Crippen LogP contribution in [0.5, 0.6) is 11.5 Å². The molecule has 0 atom stereocenters. The van der Waals surface area contributed by atoms with Crippen molar-refractivity contribution in [3.8, 4) is 11.5 Å². The molecule has 0 aromatic heterocycles. The van der Waals surface area contributed by atoms with Gasteiger partial charge in [0.15, 0.2) is 0 Å². The van der Waals surface area contributed by atoms with E-state index in [2.05, 4.69) is 15.9 Å². The summed E-state index contributed by atoms with van der Waals surface area (Å²) in [6.45, 7) is 0. The van der Waals surface area contributed by atoms with Gasteiger partial charge < -0.3 is 9.84 Å². The molecule has 0 heterocycles. The van der Waals surface area contributed by atoms with E-state index in [4.69, 9.17) is 4.74 Å². The van der Waals surface area contributed by atoms with Crippen molar-refractivity contribution in [3.05, 3.63) is 29.8 Å². The second kappa shape index (κ2) is 4.92. The monoisotopic (exact) mass is 242 g/mol. The number of phenolic OH excluding ortho intramolecular Hbond substituents is 1. The van der Waals surface area contributed by atoms with Crippen molar-refractivity contribution in [2.24, 2.45) is 0 Å². The smallest absolute Gasteiger partial charge is 0.123 e. The zero-order valence-electron chi connectivity index (χ0n) is 7.33. The van der Waals surface area contributed by atoms with Crippen LogP contribution >= 0.6 is 15.9 Å². The molecular formula is C10H11BrO2. The highest BCUT2D eigenvalue weighted by atomic mass is 79.9. The van der Waals surface area contributed by atoms with E-state index in [1.54, 1.807) is 25.3 Å². The van der Waals surface area contributed by atoms with Gasteiger partial charge in [0.05, 0.1) is 7.11 Å². The fourth-order valence-electron chi connectivity index (χ4n) is 0.965. The Kier molecular flexibility index (Phi) is 3.83. The normalized spacial score (nSPS) is 10.6. The summed E-state index contributed by atoms with van der Waals surface area (Å²) in [6, 6.07) is 5.13. The molecule has 0 fully saturated rings. The lowest BCUT2D eigenvalue weighted by Crippen LogP contribution is -1.83. The Morgan fingerprint density at radius 3 is 2.92 bits per heavy atom. The lowest BCUT2D eigenvalue weighted by molar-refractivity contribution is 0.412. The fraction of sp³-hybridized carbons (Fsp3) is 0.200. The van der Waals surface area contributed by atoms with Gasteiger partial charge in [0.2, 0.25) is 0 Å². The van der Waals surface area contributed by atoms with Crippen LogP contribution in [0.15, 0.2) is 24.3 Å². The zero-order valence-corrected chi connectivity index (χ0v) is 8.91. The maximum absolute atomic E-state index is 9.43. The van der Waals surface area contributed by atoms with E-state index in [1.807, 2.05) is 12.2 Å². The molecule has 13 heavy (non-hydrogen) atoms. The van der Waals surface area contributed by atoms with E-state index >= 15 is 0 Å². The SMILES string of the molecule is COc1ccc(O)c(C=CCBr)c1. The van der Waals surface area contributed by atoms with E-state index in [9.17, 15) is 5.11 Å². The Morgan fingerprint density at radius 2 is 2.31 bits per heavy atom. The van der Waals surface area contributed by atoms with Gasteiger partial charge in [0, 0.05) is 10.9 Å². The number of methoxy groups -OCH3 is 1. The Balaban J connectivity index is 2.97. The molecule has 1 N–H and O–H groups in total. The summed E-state index contributed by atoms with van der Waals surface area (Å²) >= 11 is 3.27. The maximum Gasteiger partial charge on any atom is 0.123 e. The lowest BCUT2D eigenvalue weighted by atomic mass is 10.2. The highest BCUT2D eigenvalue weighted by molar-refractivity contribution is 9.09. The Morgan fingerprint density at radius 1 is 1.54 bits per heavy atom. The average molecular weight is 243 g/mol. The van der Waals surface area contributed by atoms with Crippen molar-refractivity contribution in [1.82, 2.24) is 0 Å². The van der Waals surface area contributed by atoms with Gasteiger partial charge >= 0.3 is 0 Å². The Hall–Kier alpha value is -0.960. The van der Waals surface area contributed by atoms with E-state index in [1.165, 1.54) is 0 Å². The van der Waals surface area contributed by atoms with Crippen LogP contribution in [0, 0.1) is 0 Å². The van der Waals surface area contributed by atoms with Gasteiger partial charge in [-0.1, -0.05) is 28.1 Å². The summed E-state index contributed by atoms with van der Waals surface area (Å²) < 4.78 is 5.03. The molecule has 0 saturated heterocycles.